The molecule has 7 nitrogen and oxygen atoms in total. The molecule has 0 aliphatic carbocycles. The van der Waals surface area contributed by atoms with Gasteiger partial charge in [0.25, 0.3) is 0 Å². The van der Waals surface area contributed by atoms with Crippen LogP contribution in [-0.4, -0.2) is 56.4 Å². The molecule has 8 heteroatoms. The van der Waals surface area contributed by atoms with Crippen LogP contribution in [0.1, 0.15) is 60.3 Å². The minimum atomic E-state index is -0.506. The van der Waals surface area contributed by atoms with Crippen molar-refractivity contribution in [1.82, 2.24) is 5.32 Å². The number of alkyl carbamates (subject to hydrolysis) is 1. The van der Waals surface area contributed by atoms with Gasteiger partial charge in [0.1, 0.15) is 6.61 Å². The van der Waals surface area contributed by atoms with Crippen molar-refractivity contribution in [3.8, 4) is 0 Å². The molecule has 0 saturated heterocycles. The molecule has 0 aliphatic heterocycles. The van der Waals surface area contributed by atoms with E-state index >= 15 is 0 Å². The number of methoxy groups -OCH3 is 1. The number of ether oxygens (including phenoxy) is 3. The number of rotatable bonds is 14. The molecule has 0 heterocycles. The van der Waals surface area contributed by atoms with E-state index in [0.29, 0.717) is 13.0 Å². The highest BCUT2D eigenvalue weighted by Gasteiger charge is 2.28. The highest BCUT2D eigenvalue weighted by atomic mass is 32.2. The van der Waals surface area contributed by atoms with Gasteiger partial charge in [-0.3, -0.25) is 9.59 Å². The first-order chi connectivity index (χ1) is 13.1. The number of hydrogen-bond donors (Lipinski definition) is 1. The third-order valence-corrected chi connectivity index (χ3v) is 5.91. The Morgan fingerprint density at radius 2 is 1.57 bits per heavy atom. The monoisotopic (exact) mass is 419 g/mol. The van der Waals surface area contributed by atoms with Crippen LogP contribution < -0.4 is 5.32 Å². The Morgan fingerprint density at radius 1 is 0.893 bits per heavy atom. The van der Waals surface area contributed by atoms with Crippen molar-refractivity contribution >= 4 is 29.8 Å². The van der Waals surface area contributed by atoms with Gasteiger partial charge in [-0.15, -0.1) is 0 Å². The number of thioether (sulfide) groups is 1. The van der Waals surface area contributed by atoms with Gasteiger partial charge in [0.2, 0.25) is 0 Å². The van der Waals surface area contributed by atoms with E-state index in [2.05, 4.69) is 5.32 Å². The third-order valence-electron chi connectivity index (χ3n) is 4.41. The number of carbonyl (C=O) groups excluding carboxylic acids is 3. The minimum Gasteiger partial charge on any atom is -0.469 e. The fraction of sp³-hybridized carbons (Fsp3) is 0.850. The lowest BCUT2D eigenvalue weighted by atomic mass is 9.91. The quantitative estimate of drug-likeness (QED) is 0.260. The average molecular weight is 420 g/mol. The fourth-order valence-electron chi connectivity index (χ4n) is 2.00. The number of carbonyl (C=O) groups is 3. The van der Waals surface area contributed by atoms with Crippen molar-refractivity contribution in [2.24, 2.45) is 10.8 Å². The van der Waals surface area contributed by atoms with E-state index in [0.717, 1.165) is 30.8 Å². The number of nitrogens with one attached hydrogen (secondary N) is 1. The van der Waals surface area contributed by atoms with Gasteiger partial charge in [0.05, 0.1) is 31.1 Å². The predicted molar refractivity (Wildman–Crippen MR) is 111 cm³/mol. The van der Waals surface area contributed by atoms with E-state index in [4.69, 9.17) is 14.2 Å². The van der Waals surface area contributed by atoms with Gasteiger partial charge in [0.15, 0.2) is 0 Å². The molecule has 0 bridgehead atoms. The lowest BCUT2D eigenvalue weighted by Gasteiger charge is -2.20. The Balaban J connectivity index is 3.61. The summed E-state index contributed by atoms with van der Waals surface area (Å²) in [6.07, 6.45) is 2.93. The molecule has 0 aromatic carbocycles. The zero-order valence-electron chi connectivity index (χ0n) is 18.2. The van der Waals surface area contributed by atoms with Crippen LogP contribution >= 0.6 is 11.8 Å². The highest BCUT2D eigenvalue weighted by molar-refractivity contribution is 7.99. The van der Waals surface area contributed by atoms with E-state index in [9.17, 15) is 14.4 Å². The summed E-state index contributed by atoms with van der Waals surface area (Å²) in [5, 5.41) is 2.57. The van der Waals surface area contributed by atoms with Crippen LogP contribution in [0.2, 0.25) is 0 Å². The SMILES string of the molecule is CCC(C)(C)C(=O)OCCNC(=O)OCCCCCSCC(C)(C)C(=O)OC. The average Bonchev–Trinajstić information content (AvgIpc) is 2.66. The van der Waals surface area contributed by atoms with Crippen molar-refractivity contribution in [1.29, 1.82) is 0 Å². The molecule has 0 radical (unpaired) electrons. The Hall–Kier alpha value is -1.44. The summed E-state index contributed by atoms with van der Waals surface area (Å²) in [6, 6.07) is 0. The zero-order valence-corrected chi connectivity index (χ0v) is 19.0. The van der Waals surface area contributed by atoms with Crippen LogP contribution in [0.25, 0.3) is 0 Å². The van der Waals surface area contributed by atoms with Gasteiger partial charge in [-0.2, -0.15) is 11.8 Å². The second-order valence-corrected chi connectivity index (χ2v) is 9.03. The van der Waals surface area contributed by atoms with Gasteiger partial charge in [0, 0.05) is 5.75 Å². The predicted octanol–water partition coefficient (Wildman–Crippen LogP) is 3.79. The second-order valence-electron chi connectivity index (χ2n) is 7.92. The maximum atomic E-state index is 11.8. The molecule has 0 unspecified atom stereocenters. The van der Waals surface area contributed by atoms with Gasteiger partial charge in [-0.05, 0) is 59.1 Å². The van der Waals surface area contributed by atoms with Crippen molar-refractivity contribution in [3.63, 3.8) is 0 Å². The van der Waals surface area contributed by atoms with Gasteiger partial charge in [-0.25, -0.2) is 4.79 Å². The molecule has 0 spiro atoms. The Kier molecular flexibility index (Phi) is 13.0. The maximum Gasteiger partial charge on any atom is 0.407 e. The van der Waals surface area contributed by atoms with Crippen molar-refractivity contribution < 1.29 is 28.6 Å². The van der Waals surface area contributed by atoms with Crippen LogP contribution in [0.15, 0.2) is 0 Å². The van der Waals surface area contributed by atoms with Crippen LogP contribution in [-0.2, 0) is 23.8 Å². The van der Waals surface area contributed by atoms with Crippen LogP contribution in [0.3, 0.4) is 0 Å². The molecular formula is C20H37NO6S. The van der Waals surface area contributed by atoms with E-state index in [1.54, 1.807) is 11.8 Å². The second kappa shape index (κ2) is 13.7. The molecular weight excluding hydrogens is 382 g/mol. The molecule has 0 aromatic rings. The molecule has 1 amide bonds. The minimum absolute atomic E-state index is 0.135. The van der Waals surface area contributed by atoms with Gasteiger partial charge < -0.3 is 19.5 Å². The van der Waals surface area contributed by atoms with E-state index in [1.165, 1.54) is 7.11 Å². The summed E-state index contributed by atoms with van der Waals surface area (Å²) in [5.74, 6) is 1.21. The number of amides is 1. The highest BCUT2D eigenvalue weighted by Crippen LogP contribution is 2.24. The van der Waals surface area contributed by atoms with Crippen molar-refractivity contribution in [3.05, 3.63) is 0 Å². The van der Waals surface area contributed by atoms with E-state index in [1.807, 2.05) is 34.6 Å². The van der Waals surface area contributed by atoms with Gasteiger partial charge >= 0.3 is 18.0 Å². The Labute approximate surface area is 173 Å². The lowest BCUT2D eigenvalue weighted by Crippen LogP contribution is -2.32. The first-order valence-electron chi connectivity index (χ1n) is 9.81. The first kappa shape index (κ1) is 26.6. The summed E-state index contributed by atoms with van der Waals surface area (Å²) in [5.41, 5.74) is -0.977. The summed E-state index contributed by atoms with van der Waals surface area (Å²) in [4.78, 5) is 34.9. The number of unbranched alkanes of at least 4 members (excludes halogenated alkanes) is 2. The van der Waals surface area contributed by atoms with Crippen molar-refractivity contribution in [2.75, 3.05) is 38.4 Å². The fourth-order valence-corrected chi connectivity index (χ4v) is 3.18. The summed E-state index contributed by atoms with van der Waals surface area (Å²) in [7, 11) is 1.41. The lowest BCUT2D eigenvalue weighted by molar-refractivity contribution is -0.154. The Bertz CT molecular complexity index is 493. The van der Waals surface area contributed by atoms with Gasteiger partial charge in [-0.1, -0.05) is 6.92 Å². The largest absolute Gasteiger partial charge is 0.469 e. The standard InChI is InChI=1S/C20H37NO6S/c1-7-19(2,3)17(23)26-13-11-21-18(24)27-12-9-8-10-14-28-15-20(4,5)16(22)25-6/h7-15H2,1-6H3,(H,21,24). The number of esters is 2. The van der Waals surface area contributed by atoms with Crippen LogP contribution in [0.5, 0.6) is 0 Å². The number of hydrogen-bond acceptors (Lipinski definition) is 7. The molecule has 0 rings (SSSR count). The first-order valence-corrected chi connectivity index (χ1v) is 11.0. The Morgan fingerprint density at radius 3 is 2.18 bits per heavy atom. The molecule has 0 atom stereocenters. The summed E-state index contributed by atoms with van der Waals surface area (Å²) < 4.78 is 15.0. The maximum absolute atomic E-state index is 11.8. The molecule has 0 saturated carbocycles. The van der Waals surface area contributed by atoms with E-state index in [-0.39, 0.29) is 25.1 Å². The summed E-state index contributed by atoms with van der Waals surface area (Å²) in [6.45, 7) is 10.1. The third kappa shape index (κ3) is 11.4. The summed E-state index contributed by atoms with van der Waals surface area (Å²) >= 11 is 1.72. The molecule has 0 aromatic heterocycles. The smallest absolute Gasteiger partial charge is 0.407 e. The molecule has 0 fully saturated rings. The van der Waals surface area contributed by atoms with E-state index < -0.39 is 16.9 Å². The van der Waals surface area contributed by atoms with Crippen LogP contribution in [0, 0.1) is 10.8 Å². The van der Waals surface area contributed by atoms with Crippen LogP contribution in [0.4, 0.5) is 4.79 Å². The molecule has 1 N–H and O–H groups in total. The zero-order chi connectivity index (χ0) is 21.6. The van der Waals surface area contributed by atoms with Crippen molar-refractivity contribution in [2.45, 2.75) is 60.3 Å². The normalized spacial score (nSPS) is 11.6. The molecule has 164 valence electrons. The molecule has 28 heavy (non-hydrogen) atoms. The molecule has 0 aliphatic rings. The topological polar surface area (TPSA) is 90.9 Å².